The number of nitrogens with zero attached hydrogens (tertiary/aromatic N) is 2. The van der Waals surface area contributed by atoms with Gasteiger partial charge in [-0.1, -0.05) is 73.3 Å². The quantitative estimate of drug-likeness (QED) is 0.0633. The lowest BCUT2D eigenvalue weighted by Crippen LogP contribution is -2.36. The molecule has 0 bridgehead atoms. The smallest absolute Gasteiger partial charge is 0.267 e. The summed E-state index contributed by atoms with van der Waals surface area (Å²) in [5, 5.41) is 15.3. The Morgan fingerprint density at radius 1 is 0.951 bits per heavy atom. The maximum atomic E-state index is 13.7. The Bertz CT molecular complexity index is 1580. The number of hydrogen-bond acceptors (Lipinski definition) is 6. The van der Waals surface area contributed by atoms with E-state index in [-0.39, 0.29) is 0 Å². The topological polar surface area (TPSA) is 133 Å². The Hall–Kier alpha value is -5.67. The average molecular weight is 548 g/mol. The van der Waals surface area contributed by atoms with Gasteiger partial charge in [0, 0.05) is 29.6 Å². The molecule has 1 unspecified atom stereocenters. The average Bonchev–Trinajstić information content (AvgIpc) is 2.99. The fourth-order valence-corrected chi connectivity index (χ4v) is 3.74. The van der Waals surface area contributed by atoms with Gasteiger partial charge in [0.25, 0.3) is 5.91 Å². The number of aromatic nitrogens is 1. The molecule has 0 radical (unpaired) electrons. The highest BCUT2D eigenvalue weighted by Gasteiger charge is 2.29. The zero-order valence-electron chi connectivity index (χ0n) is 22.1. The third-order valence-corrected chi connectivity index (χ3v) is 5.57. The van der Waals surface area contributed by atoms with E-state index in [1.807, 2.05) is 12.1 Å². The van der Waals surface area contributed by atoms with Crippen molar-refractivity contribution in [1.82, 2.24) is 15.8 Å². The van der Waals surface area contributed by atoms with Crippen LogP contribution in [0.15, 0.2) is 133 Å². The molecule has 0 spiro atoms. The molecule has 2 aromatic carbocycles. The first kappa shape index (κ1) is 29.9. The zero-order chi connectivity index (χ0) is 29.5. The molecular formula is C32H29N5O4. The summed E-state index contributed by atoms with van der Waals surface area (Å²) in [6.45, 7) is 7.04. The number of rotatable bonds is 12. The van der Waals surface area contributed by atoms with E-state index in [2.05, 4.69) is 33.9 Å². The second-order valence-electron chi connectivity index (χ2n) is 8.40. The normalized spacial score (nSPS) is 12.7. The Morgan fingerprint density at radius 2 is 1.76 bits per heavy atom. The molecule has 41 heavy (non-hydrogen) atoms. The van der Waals surface area contributed by atoms with Gasteiger partial charge in [-0.15, -0.1) is 0 Å². The van der Waals surface area contributed by atoms with E-state index in [4.69, 9.17) is 5.21 Å². The predicted molar refractivity (Wildman–Crippen MR) is 162 cm³/mol. The minimum absolute atomic E-state index is 0.377. The lowest BCUT2D eigenvalue weighted by atomic mass is 9.94. The van der Waals surface area contributed by atoms with Crippen molar-refractivity contribution in [1.29, 1.82) is 0 Å². The standard InChI is InChI=1S/C32H29N5O4/c1-3-4-15-26(16-6-5-7-20-33-2)35-31(39)29(25-13-8-11-23(22-25)18-19-28(38)37-41)32(40)36-27-17-9-12-24-14-10-21-34-30(24)27/h3-22,29,41H,1-2H2,(H,35,39)(H,36,40)(H,37,38)/b6-5-,15-4-,19-18+,20-7-,26-16+. The van der Waals surface area contributed by atoms with Crippen LogP contribution in [0.5, 0.6) is 0 Å². The van der Waals surface area contributed by atoms with Crippen molar-refractivity contribution in [3.63, 3.8) is 0 Å². The maximum absolute atomic E-state index is 13.7. The van der Waals surface area contributed by atoms with Gasteiger partial charge in [-0.25, -0.2) is 5.48 Å². The van der Waals surface area contributed by atoms with Gasteiger partial charge >= 0.3 is 0 Å². The lowest BCUT2D eigenvalue weighted by molar-refractivity contribution is -0.128. The van der Waals surface area contributed by atoms with Crippen LogP contribution in [-0.4, -0.2) is 34.6 Å². The minimum atomic E-state index is -1.29. The summed E-state index contributed by atoms with van der Waals surface area (Å²) in [5.74, 6) is -3.19. The summed E-state index contributed by atoms with van der Waals surface area (Å²) in [4.78, 5) is 46.9. The molecule has 0 fully saturated rings. The number of pyridine rings is 1. The Kier molecular flexibility index (Phi) is 11.4. The number of allylic oxidation sites excluding steroid dienone is 7. The molecule has 3 rings (SSSR count). The lowest BCUT2D eigenvalue weighted by Gasteiger charge is -2.18. The number of nitrogens with one attached hydrogen (secondary N) is 3. The molecule has 1 aromatic heterocycles. The van der Waals surface area contributed by atoms with E-state index in [1.165, 1.54) is 17.8 Å². The highest BCUT2D eigenvalue weighted by atomic mass is 16.5. The highest BCUT2D eigenvalue weighted by molar-refractivity contribution is 6.13. The van der Waals surface area contributed by atoms with Crippen LogP contribution in [0.3, 0.4) is 0 Å². The number of amides is 3. The maximum Gasteiger partial charge on any atom is 0.267 e. The van der Waals surface area contributed by atoms with Crippen molar-refractivity contribution in [2.45, 2.75) is 5.92 Å². The van der Waals surface area contributed by atoms with Crippen LogP contribution >= 0.6 is 0 Å². The second-order valence-corrected chi connectivity index (χ2v) is 8.40. The molecule has 1 atom stereocenters. The number of fused-ring (bicyclic) bond motifs is 1. The number of carbonyl (C=O) groups is 3. The van der Waals surface area contributed by atoms with E-state index in [0.29, 0.717) is 28.0 Å². The Labute approximate surface area is 237 Å². The first-order valence-corrected chi connectivity index (χ1v) is 12.4. The van der Waals surface area contributed by atoms with Crippen molar-refractivity contribution in [3.8, 4) is 0 Å². The molecule has 1 heterocycles. The van der Waals surface area contributed by atoms with Crippen LogP contribution in [0, 0.1) is 0 Å². The number of hydrogen-bond donors (Lipinski definition) is 4. The summed E-state index contributed by atoms with van der Waals surface area (Å²) < 4.78 is 0. The van der Waals surface area contributed by atoms with Crippen molar-refractivity contribution in [2.75, 3.05) is 5.32 Å². The number of carbonyl (C=O) groups excluding carboxylic acids is 3. The van der Waals surface area contributed by atoms with Crippen molar-refractivity contribution < 1.29 is 19.6 Å². The molecular weight excluding hydrogens is 518 g/mol. The minimum Gasteiger partial charge on any atom is -0.325 e. The van der Waals surface area contributed by atoms with E-state index >= 15 is 0 Å². The molecule has 0 aliphatic carbocycles. The summed E-state index contributed by atoms with van der Waals surface area (Å²) >= 11 is 0. The summed E-state index contributed by atoms with van der Waals surface area (Å²) in [6, 6.07) is 15.7. The van der Waals surface area contributed by atoms with Gasteiger partial charge in [0.15, 0.2) is 0 Å². The molecule has 9 nitrogen and oxygen atoms in total. The largest absolute Gasteiger partial charge is 0.325 e. The summed E-state index contributed by atoms with van der Waals surface area (Å²) in [5.41, 5.74) is 3.88. The molecule has 0 aliphatic heterocycles. The van der Waals surface area contributed by atoms with E-state index in [1.54, 1.807) is 91.2 Å². The number of aliphatic imine (C=N–C) groups is 1. The number of hydroxylamine groups is 1. The molecule has 3 amide bonds. The van der Waals surface area contributed by atoms with Crippen LogP contribution in [0.2, 0.25) is 0 Å². The van der Waals surface area contributed by atoms with Gasteiger partial charge in [0.1, 0.15) is 5.92 Å². The Morgan fingerprint density at radius 3 is 2.54 bits per heavy atom. The van der Waals surface area contributed by atoms with Gasteiger partial charge in [0.05, 0.1) is 11.2 Å². The molecule has 206 valence electrons. The third kappa shape index (κ3) is 8.95. The molecule has 4 N–H and O–H groups in total. The fraction of sp³-hybridized carbons (Fsp3) is 0.0312. The van der Waals surface area contributed by atoms with Gasteiger partial charge in [-0.3, -0.25) is 29.6 Å². The first-order chi connectivity index (χ1) is 20.0. The Balaban J connectivity index is 2.01. The van der Waals surface area contributed by atoms with E-state index in [0.717, 1.165) is 11.5 Å². The van der Waals surface area contributed by atoms with Gasteiger partial charge in [-0.2, -0.15) is 0 Å². The zero-order valence-corrected chi connectivity index (χ0v) is 22.1. The van der Waals surface area contributed by atoms with Crippen LogP contribution in [0.1, 0.15) is 17.0 Å². The molecule has 0 saturated carbocycles. The number of anilines is 1. The molecule has 0 aliphatic rings. The van der Waals surface area contributed by atoms with Crippen molar-refractivity contribution in [2.24, 2.45) is 4.99 Å². The van der Waals surface area contributed by atoms with Crippen molar-refractivity contribution >= 4 is 47.1 Å². The van der Waals surface area contributed by atoms with Crippen LogP contribution < -0.4 is 16.1 Å². The van der Waals surface area contributed by atoms with Gasteiger partial charge in [-0.05, 0) is 54.3 Å². The predicted octanol–water partition coefficient (Wildman–Crippen LogP) is 4.99. The summed E-state index contributed by atoms with van der Waals surface area (Å²) in [6.07, 6.45) is 17.3. The SMILES string of the molecule is C=C\C=C/C(=C\C=C/C=C\N=C)NC(=O)C(C(=O)Nc1cccc2cccnc12)c1cccc(/C=C/C(=O)NO)c1. The summed E-state index contributed by atoms with van der Waals surface area (Å²) in [7, 11) is 0. The highest BCUT2D eigenvalue weighted by Crippen LogP contribution is 2.25. The fourth-order valence-electron chi connectivity index (χ4n) is 3.74. The number of benzene rings is 2. The van der Waals surface area contributed by atoms with Gasteiger partial charge < -0.3 is 10.6 Å². The third-order valence-electron chi connectivity index (χ3n) is 5.57. The second kappa shape index (κ2) is 15.7. The van der Waals surface area contributed by atoms with Crippen LogP contribution in [-0.2, 0) is 14.4 Å². The molecule has 9 heteroatoms. The van der Waals surface area contributed by atoms with Crippen LogP contribution in [0.4, 0.5) is 5.69 Å². The monoisotopic (exact) mass is 547 g/mol. The van der Waals surface area contributed by atoms with E-state index in [9.17, 15) is 14.4 Å². The molecule has 0 saturated heterocycles. The van der Waals surface area contributed by atoms with Gasteiger partial charge in [0.2, 0.25) is 11.8 Å². The van der Waals surface area contributed by atoms with Crippen molar-refractivity contribution in [3.05, 3.63) is 139 Å². The molecule has 3 aromatic rings. The van der Waals surface area contributed by atoms with E-state index < -0.39 is 23.6 Å². The first-order valence-electron chi connectivity index (χ1n) is 12.4. The van der Waals surface area contributed by atoms with Crippen LogP contribution in [0.25, 0.3) is 17.0 Å². The number of para-hydroxylation sites is 1.